The number of benzene rings is 2. The Morgan fingerprint density at radius 3 is 2.20 bits per heavy atom. The van der Waals surface area contributed by atoms with Gasteiger partial charge < -0.3 is 24.3 Å². The lowest BCUT2D eigenvalue weighted by Crippen LogP contribution is -2.36. The van der Waals surface area contributed by atoms with Gasteiger partial charge in [-0.3, -0.25) is 4.79 Å². The normalized spacial score (nSPS) is 19.6. The van der Waals surface area contributed by atoms with Gasteiger partial charge in [-0.15, -0.1) is 0 Å². The van der Waals surface area contributed by atoms with Gasteiger partial charge in [0.15, 0.2) is 17.3 Å². The second kappa shape index (κ2) is 10.3. The maximum atomic E-state index is 13.7. The van der Waals surface area contributed by atoms with Crippen molar-refractivity contribution < 1.29 is 28.5 Å². The number of rotatable bonds is 7. The summed E-state index contributed by atoms with van der Waals surface area (Å²) in [5, 5.41) is 3.37. The molecule has 2 aromatic rings. The molecule has 1 aliphatic carbocycles. The Morgan fingerprint density at radius 2 is 1.63 bits per heavy atom. The summed E-state index contributed by atoms with van der Waals surface area (Å²) in [6, 6.07) is 13.6. The molecule has 35 heavy (non-hydrogen) atoms. The van der Waals surface area contributed by atoms with E-state index in [0.29, 0.717) is 52.5 Å². The van der Waals surface area contributed by atoms with E-state index >= 15 is 0 Å². The van der Waals surface area contributed by atoms with Crippen molar-refractivity contribution >= 4 is 11.8 Å². The molecule has 0 fully saturated rings. The zero-order chi connectivity index (χ0) is 25.1. The fourth-order valence-corrected chi connectivity index (χ4v) is 5.08. The first kappa shape index (κ1) is 24.4. The van der Waals surface area contributed by atoms with Gasteiger partial charge in [0.2, 0.25) is 5.75 Å². The summed E-state index contributed by atoms with van der Waals surface area (Å²) in [6.45, 7) is 3.84. The molecular weight excluding hydrogens is 446 g/mol. The third-order valence-electron chi connectivity index (χ3n) is 6.61. The van der Waals surface area contributed by atoms with Gasteiger partial charge in [-0.2, -0.15) is 0 Å². The molecule has 4 rings (SSSR count). The minimum absolute atomic E-state index is 0.000605. The van der Waals surface area contributed by atoms with Gasteiger partial charge in [-0.05, 0) is 49.4 Å². The van der Waals surface area contributed by atoms with Crippen molar-refractivity contribution in [3.8, 4) is 17.2 Å². The number of esters is 1. The van der Waals surface area contributed by atoms with Gasteiger partial charge >= 0.3 is 5.97 Å². The van der Waals surface area contributed by atoms with E-state index in [9.17, 15) is 9.59 Å². The van der Waals surface area contributed by atoms with Crippen molar-refractivity contribution in [2.24, 2.45) is 0 Å². The maximum Gasteiger partial charge on any atom is 0.336 e. The Kier molecular flexibility index (Phi) is 7.15. The SMILES string of the molecule is CCOC(=O)C1=C(C)NC2=C(C(=O)C[C@H](c3ccccc3)C2)[C@@H]1c1cc(OC)c(OC)c(OC)c1. The Morgan fingerprint density at radius 1 is 0.971 bits per heavy atom. The third-order valence-corrected chi connectivity index (χ3v) is 6.61. The summed E-state index contributed by atoms with van der Waals surface area (Å²) in [4.78, 5) is 26.9. The Hall–Kier alpha value is -3.74. The van der Waals surface area contributed by atoms with E-state index in [1.54, 1.807) is 19.1 Å². The molecule has 0 bridgehead atoms. The van der Waals surface area contributed by atoms with Crippen LogP contribution in [0.15, 0.2) is 65.0 Å². The molecule has 0 saturated heterocycles. The number of hydrogen-bond donors (Lipinski definition) is 1. The summed E-state index contributed by atoms with van der Waals surface area (Å²) < 4.78 is 22.0. The van der Waals surface area contributed by atoms with Gasteiger partial charge in [-0.25, -0.2) is 4.79 Å². The number of carbonyl (C=O) groups excluding carboxylic acids is 2. The van der Waals surface area contributed by atoms with Gasteiger partial charge in [0.05, 0.1) is 33.5 Å². The zero-order valence-electron chi connectivity index (χ0n) is 20.8. The first-order valence-electron chi connectivity index (χ1n) is 11.7. The highest BCUT2D eigenvalue weighted by molar-refractivity contribution is 6.04. The predicted molar refractivity (Wildman–Crippen MR) is 132 cm³/mol. The molecule has 2 atom stereocenters. The topological polar surface area (TPSA) is 83.1 Å². The first-order valence-corrected chi connectivity index (χ1v) is 11.7. The zero-order valence-corrected chi connectivity index (χ0v) is 20.8. The standard InChI is InChI=1S/C28H31NO6/c1-6-35-28(31)24-16(2)29-20-12-18(17-10-8-7-9-11-17)13-21(30)26(20)25(24)19-14-22(32-3)27(34-5)23(15-19)33-4/h7-11,14-15,18,25,29H,6,12-13H2,1-5H3/t18-,25-/m1/s1. The minimum atomic E-state index is -0.622. The molecule has 2 aromatic carbocycles. The van der Waals surface area contributed by atoms with E-state index in [0.717, 1.165) is 11.3 Å². The van der Waals surface area contributed by atoms with Crippen molar-refractivity contribution in [2.45, 2.75) is 38.5 Å². The average molecular weight is 478 g/mol. The van der Waals surface area contributed by atoms with Crippen LogP contribution < -0.4 is 19.5 Å². The van der Waals surface area contributed by atoms with E-state index in [-0.39, 0.29) is 18.3 Å². The van der Waals surface area contributed by atoms with Gasteiger partial charge in [0.25, 0.3) is 0 Å². The van der Waals surface area contributed by atoms with Crippen LogP contribution in [0.2, 0.25) is 0 Å². The Bertz CT molecular complexity index is 1170. The molecule has 0 amide bonds. The molecule has 1 aliphatic heterocycles. The van der Waals surface area contributed by atoms with Gasteiger partial charge in [0.1, 0.15) is 0 Å². The number of carbonyl (C=O) groups is 2. The maximum absolute atomic E-state index is 13.7. The van der Waals surface area contributed by atoms with Crippen molar-refractivity contribution in [3.05, 3.63) is 76.1 Å². The van der Waals surface area contributed by atoms with Crippen molar-refractivity contribution in [3.63, 3.8) is 0 Å². The molecule has 2 aliphatic rings. The molecule has 0 saturated carbocycles. The van der Waals surface area contributed by atoms with Crippen LogP contribution in [-0.2, 0) is 14.3 Å². The van der Waals surface area contributed by atoms with E-state index < -0.39 is 11.9 Å². The van der Waals surface area contributed by atoms with E-state index in [1.165, 1.54) is 21.3 Å². The second-order valence-electron chi connectivity index (χ2n) is 8.61. The lowest BCUT2D eigenvalue weighted by Gasteiger charge is -2.37. The fourth-order valence-electron chi connectivity index (χ4n) is 5.08. The van der Waals surface area contributed by atoms with E-state index in [1.807, 2.05) is 25.1 Å². The van der Waals surface area contributed by atoms with Crippen LogP contribution in [0, 0.1) is 0 Å². The molecule has 0 unspecified atom stereocenters. The number of ether oxygens (including phenoxy) is 4. The largest absolute Gasteiger partial charge is 0.493 e. The lowest BCUT2D eigenvalue weighted by molar-refractivity contribution is -0.138. The molecule has 1 heterocycles. The number of methoxy groups -OCH3 is 3. The summed E-state index contributed by atoms with van der Waals surface area (Å²) in [5.74, 6) is 0.333. The number of nitrogens with one attached hydrogen (secondary N) is 1. The molecule has 184 valence electrons. The van der Waals surface area contributed by atoms with Crippen LogP contribution in [0.5, 0.6) is 17.2 Å². The van der Waals surface area contributed by atoms with Crippen LogP contribution in [0.25, 0.3) is 0 Å². The van der Waals surface area contributed by atoms with Crippen molar-refractivity contribution in [1.82, 2.24) is 5.32 Å². The van der Waals surface area contributed by atoms with Crippen LogP contribution in [0.4, 0.5) is 0 Å². The third kappa shape index (κ3) is 4.50. The number of ketones is 1. The summed E-state index contributed by atoms with van der Waals surface area (Å²) >= 11 is 0. The van der Waals surface area contributed by atoms with Crippen LogP contribution in [0.3, 0.4) is 0 Å². The highest BCUT2D eigenvalue weighted by Gasteiger charge is 2.42. The molecule has 0 spiro atoms. The predicted octanol–water partition coefficient (Wildman–Crippen LogP) is 4.64. The number of dihydropyridines is 1. The second-order valence-corrected chi connectivity index (χ2v) is 8.61. The monoisotopic (exact) mass is 477 g/mol. The summed E-state index contributed by atoms with van der Waals surface area (Å²) in [6.07, 6.45) is 1.03. The fraction of sp³-hybridized carbons (Fsp3) is 0.357. The number of Topliss-reactive ketones (excluding diaryl/α,β-unsaturated/α-hetero) is 1. The van der Waals surface area contributed by atoms with E-state index in [2.05, 4.69) is 17.4 Å². The van der Waals surface area contributed by atoms with Crippen molar-refractivity contribution in [1.29, 1.82) is 0 Å². The molecule has 0 radical (unpaired) electrons. The highest BCUT2D eigenvalue weighted by Crippen LogP contribution is 2.49. The average Bonchev–Trinajstić information content (AvgIpc) is 2.87. The highest BCUT2D eigenvalue weighted by atomic mass is 16.5. The molecule has 1 N–H and O–H groups in total. The lowest BCUT2D eigenvalue weighted by atomic mass is 9.71. The van der Waals surface area contributed by atoms with Crippen LogP contribution in [0.1, 0.15) is 49.7 Å². The quantitative estimate of drug-likeness (QED) is 0.582. The van der Waals surface area contributed by atoms with Gasteiger partial charge in [-0.1, -0.05) is 30.3 Å². The molecule has 0 aromatic heterocycles. The first-order chi connectivity index (χ1) is 16.9. The van der Waals surface area contributed by atoms with Crippen LogP contribution in [-0.4, -0.2) is 39.7 Å². The smallest absolute Gasteiger partial charge is 0.336 e. The van der Waals surface area contributed by atoms with Crippen LogP contribution >= 0.6 is 0 Å². The minimum Gasteiger partial charge on any atom is -0.493 e. The number of hydrogen-bond acceptors (Lipinski definition) is 7. The van der Waals surface area contributed by atoms with Crippen molar-refractivity contribution in [2.75, 3.05) is 27.9 Å². The Balaban J connectivity index is 1.88. The number of allylic oxidation sites excluding steroid dienone is 3. The summed E-state index contributed by atoms with van der Waals surface area (Å²) in [7, 11) is 4.61. The van der Waals surface area contributed by atoms with Gasteiger partial charge in [0, 0.05) is 29.3 Å². The Labute approximate surface area is 205 Å². The molecule has 7 nitrogen and oxygen atoms in total. The summed E-state index contributed by atoms with van der Waals surface area (Å²) in [5.41, 5.74) is 4.31. The molecular formula is C28H31NO6. The molecule has 7 heteroatoms. The van der Waals surface area contributed by atoms with E-state index in [4.69, 9.17) is 18.9 Å².